The molecule has 7 heteroatoms. The van der Waals surface area contributed by atoms with Crippen LogP contribution in [0.3, 0.4) is 0 Å². The van der Waals surface area contributed by atoms with Crippen LogP contribution in [0.1, 0.15) is 23.2 Å². The SMILES string of the molecule is O=C(O)[C@H]1CN(C(=O)c2cccc(OC(F)F)c2)C[C@@H]1C1CC1. The van der Waals surface area contributed by atoms with E-state index in [1.165, 1.54) is 29.2 Å². The van der Waals surface area contributed by atoms with Gasteiger partial charge in [0.15, 0.2) is 0 Å². The zero-order valence-electron chi connectivity index (χ0n) is 12.3. The van der Waals surface area contributed by atoms with E-state index in [1.807, 2.05) is 0 Å². The van der Waals surface area contributed by atoms with Crippen LogP contribution in [-0.2, 0) is 4.79 Å². The van der Waals surface area contributed by atoms with E-state index >= 15 is 0 Å². The molecule has 1 N–H and O–H groups in total. The lowest BCUT2D eigenvalue weighted by atomic mass is 9.92. The van der Waals surface area contributed by atoms with Crippen molar-refractivity contribution in [3.05, 3.63) is 29.8 Å². The number of carboxylic acids is 1. The van der Waals surface area contributed by atoms with E-state index in [0.717, 1.165) is 12.8 Å². The Balaban J connectivity index is 1.74. The van der Waals surface area contributed by atoms with E-state index in [2.05, 4.69) is 4.74 Å². The van der Waals surface area contributed by atoms with Gasteiger partial charge in [0.2, 0.25) is 0 Å². The minimum absolute atomic E-state index is 0.0167. The third-order valence-electron chi connectivity index (χ3n) is 4.50. The number of hydrogen-bond donors (Lipinski definition) is 1. The number of carbonyl (C=O) groups excluding carboxylic acids is 1. The summed E-state index contributed by atoms with van der Waals surface area (Å²) in [5.41, 5.74) is 0.226. The molecular weight excluding hydrogens is 308 g/mol. The van der Waals surface area contributed by atoms with E-state index in [0.29, 0.717) is 12.5 Å². The summed E-state index contributed by atoms with van der Waals surface area (Å²) in [6.45, 7) is -2.39. The van der Waals surface area contributed by atoms with E-state index in [1.54, 1.807) is 0 Å². The summed E-state index contributed by atoms with van der Waals surface area (Å²) >= 11 is 0. The monoisotopic (exact) mass is 325 g/mol. The zero-order valence-corrected chi connectivity index (χ0v) is 12.3. The summed E-state index contributed by atoms with van der Waals surface area (Å²) in [5, 5.41) is 9.33. The summed E-state index contributed by atoms with van der Waals surface area (Å²) in [6.07, 6.45) is 2.02. The number of rotatable bonds is 5. The number of aliphatic carboxylic acids is 1. The number of nitrogens with zero attached hydrogens (tertiary/aromatic N) is 1. The van der Waals surface area contributed by atoms with Crippen LogP contribution >= 0.6 is 0 Å². The Morgan fingerprint density at radius 2 is 2.00 bits per heavy atom. The molecule has 23 heavy (non-hydrogen) atoms. The highest BCUT2D eigenvalue weighted by atomic mass is 19.3. The van der Waals surface area contributed by atoms with E-state index in [4.69, 9.17) is 0 Å². The summed E-state index contributed by atoms with van der Waals surface area (Å²) in [7, 11) is 0. The van der Waals surface area contributed by atoms with Gasteiger partial charge in [-0.1, -0.05) is 6.07 Å². The van der Waals surface area contributed by atoms with Crippen molar-refractivity contribution in [1.82, 2.24) is 4.90 Å². The number of benzene rings is 1. The van der Waals surface area contributed by atoms with Gasteiger partial charge in [0.25, 0.3) is 5.91 Å². The Hall–Kier alpha value is -2.18. The molecule has 1 aromatic carbocycles. The maximum atomic E-state index is 12.5. The van der Waals surface area contributed by atoms with Crippen LogP contribution in [0.2, 0.25) is 0 Å². The van der Waals surface area contributed by atoms with Crippen LogP contribution in [0.15, 0.2) is 24.3 Å². The van der Waals surface area contributed by atoms with Gasteiger partial charge in [0.05, 0.1) is 5.92 Å². The fraction of sp³-hybridized carbons (Fsp3) is 0.500. The predicted octanol–water partition coefficient (Wildman–Crippen LogP) is 2.47. The highest BCUT2D eigenvalue weighted by Gasteiger charge is 2.46. The topological polar surface area (TPSA) is 66.8 Å². The fourth-order valence-corrected chi connectivity index (χ4v) is 3.25. The highest BCUT2D eigenvalue weighted by molar-refractivity contribution is 5.95. The van der Waals surface area contributed by atoms with Gasteiger partial charge in [-0.15, -0.1) is 0 Å². The van der Waals surface area contributed by atoms with E-state index in [-0.39, 0.29) is 29.7 Å². The normalized spacial score (nSPS) is 24.0. The molecule has 124 valence electrons. The largest absolute Gasteiger partial charge is 0.481 e. The van der Waals surface area contributed by atoms with Crippen LogP contribution in [0.4, 0.5) is 8.78 Å². The minimum atomic E-state index is -2.96. The molecular formula is C16H17F2NO4. The number of carbonyl (C=O) groups is 2. The van der Waals surface area contributed by atoms with E-state index < -0.39 is 18.5 Å². The van der Waals surface area contributed by atoms with Crippen molar-refractivity contribution in [2.24, 2.45) is 17.8 Å². The molecule has 2 fully saturated rings. The van der Waals surface area contributed by atoms with Gasteiger partial charge in [0, 0.05) is 18.7 Å². The van der Waals surface area contributed by atoms with Crippen molar-refractivity contribution >= 4 is 11.9 Å². The number of hydrogen-bond acceptors (Lipinski definition) is 3. The molecule has 1 saturated heterocycles. The van der Waals surface area contributed by atoms with Gasteiger partial charge < -0.3 is 14.7 Å². The number of ether oxygens (including phenoxy) is 1. The van der Waals surface area contributed by atoms with Crippen molar-refractivity contribution in [3.8, 4) is 5.75 Å². The number of halogens is 2. The molecule has 0 unspecified atom stereocenters. The van der Waals surface area contributed by atoms with Crippen molar-refractivity contribution in [2.75, 3.05) is 13.1 Å². The van der Waals surface area contributed by atoms with Gasteiger partial charge in [-0.25, -0.2) is 0 Å². The first-order valence-electron chi connectivity index (χ1n) is 7.52. The number of carboxylic acid groups (broad SMARTS) is 1. The van der Waals surface area contributed by atoms with Crippen LogP contribution < -0.4 is 4.74 Å². The Morgan fingerprint density at radius 3 is 2.61 bits per heavy atom. The first-order chi connectivity index (χ1) is 11.0. The molecule has 1 aliphatic heterocycles. The minimum Gasteiger partial charge on any atom is -0.481 e. The standard InChI is InChI=1S/C16H17F2NO4/c17-16(18)23-11-3-1-2-10(6-11)14(20)19-7-12(9-4-5-9)13(8-19)15(21)22/h1-3,6,9,12-13,16H,4-5,7-8H2,(H,21,22)/t12-,13+/m1/s1. The lowest BCUT2D eigenvalue weighted by Crippen LogP contribution is -2.29. The molecule has 1 saturated carbocycles. The van der Waals surface area contributed by atoms with Crippen LogP contribution in [0.25, 0.3) is 0 Å². The zero-order chi connectivity index (χ0) is 16.6. The maximum Gasteiger partial charge on any atom is 0.387 e. The summed E-state index contributed by atoms with van der Waals surface area (Å²) in [4.78, 5) is 25.4. The molecule has 1 aromatic rings. The number of amides is 1. The molecule has 3 rings (SSSR count). The smallest absolute Gasteiger partial charge is 0.387 e. The Morgan fingerprint density at radius 1 is 1.26 bits per heavy atom. The molecule has 1 aliphatic carbocycles. The average Bonchev–Trinajstić information content (AvgIpc) is 3.24. The number of alkyl halides is 2. The second kappa shape index (κ2) is 6.14. The molecule has 5 nitrogen and oxygen atoms in total. The Kier molecular flexibility index (Phi) is 4.19. The predicted molar refractivity (Wildman–Crippen MR) is 76.3 cm³/mol. The summed E-state index contributed by atoms with van der Waals surface area (Å²) in [6, 6.07) is 5.59. The van der Waals surface area contributed by atoms with Crippen LogP contribution in [0, 0.1) is 17.8 Å². The third kappa shape index (κ3) is 3.43. The van der Waals surface area contributed by atoms with Crippen molar-refractivity contribution < 1.29 is 28.2 Å². The van der Waals surface area contributed by atoms with Gasteiger partial charge in [-0.3, -0.25) is 9.59 Å². The highest BCUT2D eigenvalue weighted by Crippen LogP contribution is 2.44. The van der Waals surface area contributed by atoms with Crippen LogP contribution in [0.5, 0.6) is 5.75 Å². The Labute approximate surface area is 131 Å². The van der Waals surface area contributed by atoms with Gasteiger partial charge in [0.1, 0.15) is 5.75 Å². The molecule has 0 bridgehead atoms. The molecule has 2 aliphatic rings. The van der Waals surface area contributed by atoms with Crippen LogP contribution in [-0.4, -0.2) is 41.6 Å². The molecule has 0 aromatic heterocycles. The number of likely N-dealkylation sites (tertiary alicyclic amines) is 1. The fourth-order valence-electron chi connectivity index (χ4n) is 3.25. The lowest BCUT2D eigenvalue weighted by Gasteiger charge is -2.17. The molecule has 2 atom stereocenters. The maximum absolute atomic E-state index is 12.5. The summed E-state index contributed by atoms with van der Waals surface area (Å²) < 4.78 is 28.8. The second-order valence-electron chi connectivity index (χ2n) is 6.06. The van der Waals surface area contributed by atoms with Gasteiger partial charge >= 0.3 is 12.6 Å². The summed E-state index contributed by atoms with van der Waals surface area (Å²) in [5.74, 6) is -1.50. The van der Waals surface area contributed by atoms with Crippen molar-refractivity contribution in [2.45, 2.75) is 19.5 Å². The molecule has 1 heterocycles. The first-order valence-corrected chi connectivity index (χ1v) is 7.52. The van der Waals surface area contributed by atoms with Crippen molar-refractivity contribution in [3.63, 3.8) is 0 Å². The lowest BCUT2D eigenvalue weighted by molar-refractivity contribution is -0.142. The van der Waals surface area contributed by atoms with Crippen molar-refractivity contribution in [1.29, 1.82) is 0 Å². The quantitative estimate of drug-likeness (QED) is 0.903. The van der Waals surface area contributed by atoms with Gasteiger partial charge in [-0.2, -0.15) is 8.78 Å². The molecule has 0 spiro atoms. The molecule has 0 radical (unpaired) electrons. The molecule has 1 amide bonds. The third-order valence-corrected chi connectivity index (χ3v) is 4.50. The van der Waals surface area contributed by atoms with E-state index in [9.17, 15) is 23.5 Å². The Bertz CT molecular complexity index is 618. The average molecular weight is 325 g/mol. The first kappa shape index (κ1) is 15.7. The van der Waals surface area contributed by atoms with Gasteiger partial charge in [-0.05, 0) is 42.9 Å². The second-order valence-corrected chi connectivity index (χ2v) is 6.06.